The van der Waals surface area contributed by atoms with Crippen molar-refractivity contribution in [3.05, 3.63) is 99.1 Å². The van der Waals surface area contributed by atoms with Crippen molar-refractivity contribution in [3.63, 3.8) is 0 Å². The fourth-order valence-electron chi connectivity index (χ4n) is 3.46. The van der Waals surface area contributed by atoms with Crippen molar-refractivity contribution in [2.24, 2.45) is 5.73 Å². The van der Waals surface area contributed by atoms with Crippen LogP contribution < -0.4 is 15.8 Å². The molecule has 3 N–H and O–H groups in total. The third-order valence-electron chi connectivity index (χ3n) is 5.69. The predicted octanol–water partition coefficient (Wildman–Crippen LogP) is 5.14. The van der Waals surface area contributed by atoms with Gasteiger partial charge in [-0.15, -0.1) is 0 Å². The van der Waals surface area contributed by atoms with Gasteiger partial charge >= 0.3 is 0 Å². The first kappa shape index (κ1) is 24.8. The van der Waals surface area contributed by atoms with Crippen molar-refractivity contribution in [1.29, 1.82) is 0 Å². The molecule has 5 nitrogen and oxygen atoms in total. The van der Waals surface area contributed by atoms with Crippen molar-refractivity contribution < 1.29 is 14.3 Å². The van der Waals surface area contributed by atoms with Crippen LogP contribution in [0.15, 0.2) is 60.7 Å². The van der Waals surface area contributed by atoms with Crippen molar-refractivity contribution in [3.8, 4) is 5.75 Å². The molecule has 0 aromatic heterocycles. The highest BCUT2D eigenvalue weighted by Crippen LogP contribution is 2.23. The van der Waals surface area contributed by atoms with Crippen LogP contribution in [0.25, 0.3) is 0 Å². The summed E-state index contributed by atoms with van der Waals surface area (Å²) in [5, 5.41) is 3.58. The number of amides is 1. The van der Waals surface area contributed by atoms with Gasteiger partial charge in [0, 0.05) is 17.1 Å². The lowest BCUT2D eigenvalue weighted by Gasteiger charge is -2.14. The summed E-state index contributed by atoms with van der Waals surface area (Å²) in [5.74, 6) is 0.669. The highest BCUT2D eigenvalue weighted by atomic mass is 35.5. The van der Waals surface area contributed by atoms with Crippen LogP contribution in [0.3, 0.4) is 0 Å². The summed E-state index contributed by atoms with van der Waals surface area (Å²) in [5.41, 5.74) is 12.5. The molecule has 33 heavy (non-hydrogen) atoms. The number of carbonyl (C=O) groups is 1. The van der Waals surface area contributed by atoms with Crippen LogP contribution in [0.5, 0.6) is 5.75 Å². The van der Waals surface area contributed by atoms with Crippen LogP contribution in [-0.2, 0) is 4.74 Å². The van der Waals surface area contributed by atoms with Crippen LogP contribution in [0.1, 0.15) is 44.2 Å². The summed E-state index contributed by atoms with van der Waals surface area (Å²) in [4.78, 5) is 12.3. The molecule has 6 heteroatoms. The number of hydrogen-bond acceptors (Lipinski definition) is 4. The van der Waals surface area contributed by atoms with Crippen LogP contribution in [0.2, 0.25) is 5.02 Å². The van der Waals surface area contributed by atoms with Gasteiger partial charge in [-0.2, -0.15) is 0 Å². The zero-order chi connectivity index (χ0) is 23.8. The number of benzene rings is 3. The van der Waals surface area contributed by atoms with Gasteiger partial charge in [0.1, 0.15) is 12.4 Å². The molecule has 3 aromatic rings. The van der Waals surface area contributed by atoms with Crippen molar-refractivity contribution >= 4 is 17.5 Å². The van der Waals surface area contributed by atoms with Gasteiger partial charge in [0.2, 0.25) is 0 Å². The minimum Gasteiger partial charge on any atom is -0.491 e. The average Bonchev–Trinajstić information content (AvgIpc) is 2.82. The first-order valence-electron chi connectivity index (χ1n) is 11.0. The number of ether oxygens (including phenoxy) is 2. The lowest BCUT2D eigenvalue weighted by Crippen LogP contribution is -2.28. The number of nitrogens with two attached hydrogens (primary N) is 1. The van der Waals surface area contributed by atoms with E-state index in [0.717, 1.165) is 28.0 Å². The smallest absolute Gasteiger partial charge is 0.251 e. The largest absolute Gasteiger partial charge is 0.491 e. The standard InChI is InChI=1S/C27H31ClN2O3/c1-18-16-23(17-19(2)20(18)3)27(31)30-12-13-32-14-15-33-25-10-6-22(7-11-25)26(29)21-4-8-24(28)9-5-21/h4-11,16-17,26H,12-15,29H2,1-3H3,(H,30,31). The van der Waals surface area contributed by atoms with Gasteiger partial charge in [0.25, 0.3) is 5.91 Å². The Labute approximate surface area is 200 Å². The van der Waals surface area contributed by atoms with Gasteiger partial charge in [-0.1, -0.05) is 35.9 Å². The molecule has 1 atom stereocenters. The molecular weight excluding hydrogens is 436 g/mol. The van der Waals surface area contributed by atoms with E-state index in [1.165, 1.54) is 5.56 Å². The molecule has 0 bridgehead atoms. The van der Waals surface area contributed by atoms with Gasteiger partial charge < -0.3 is 20.5 Å². The van der Waals surface area contributed by atoms with Gasteiger partial charge in [0.15, 0.2) is 0 Å². The van der Waals surface area contributed by atoms with E-state index in [1.54, 1.807) is 0 Å². The third kappa shape index (κ3) is 7.06. The molecule has 1 unspecified atom stereocenters. The second kappa shape index (κ2) is 11.8. The lowest BCUT2D eigenvalue weighted by atomic mass is 10.00. The minimum atomic E-state index is -0.220. The van der Waals surface area contributed by atoms with E-state index in [0.29, 0.717) is 37.0 Å². The molecule has 3 aromatic carbocycles. The highest BCUT2D eigenvalue weighted by molar-refractivity contribution is 6.30. The molecular formula is C27H31ClN2O3. The Bertz CT molecular complexity index is 1040. The zero-order valence-corrected chi connectivity index (χ0v) is 20.1. The van der Waals surface area contributed by atoms with Gasteiger partial charge in [-0.3, -0.25) is 4.79 Å². The third-order valence-corrected chi connectivity index (χ3v) is 5.94. The molecule has 0 aliphatic rings. The normalized spacial score (nSPS) is 11.8. The maximum absolute atomic E-state index is 12.3. The summed E-state index contributed by atoms with van der Waals surface area (Å²) >= 11 is 5.94. The quantitative estimate of drug-likeness (QED) is 0.406. The summed E-state index contributed by atoms with van der Waals surface area (Å²) < 4.78 is 11.3. The predicted molar refractivity (Wildman–Crippen MR) is 133 cm³/mol. The number of halogens is 1. The molecule has 0 saturated heterocycles. The number of carbonyl (C=O) groups excluding carboxylic acids is 1. The molecule has 0 fully saturated rings. The number of aryl methyl sites for hydroxylation is 2. The van der Waals surface area contributed by atoms with Crippen LogP contribution >= 0.6 is 11.6 Å². The second-order valence-electron chi connectivity index (χ2n) is 8.05. The summed E-state index contributed by atoms with van der Waals surface area (Å²) in [6.07, 6.45) is 0. The number of rotatable bonds is 10. The Morgan fingerprint density at radius 3 is 2.09 bits per heavy atom. The fourth-order valence-corrected chi connectivity index (χ4v) is 3.59. The van der Waals surface area contributed by atoms with Crippen molar-refractivity contribution in [2.45, 2.75) is 26.8 Å². The summed E-state index contributed by atoms with van der Waals surface area (Å²) in [6, 6.07) is 18.9. The maximum Gasteiger partial charge on any atom is 0.251 e. The number of hydrogen-bond donors (Lipinski definition) is 2. The van der Waals surface area contributed by atoms with E-state index in [2.05, 4.69) is 12.2 Å². The monoisotopic (exact) mass is 466 g/mol. The highest BCUT2D eigenvalue weighted by Gasteiger charge is 2.10. The molecule has 1 amide bonds. The first-order chi connectivity index (χ1) is 15.8. The van der Waals surface area contributed by atoms with Gasteiger partial charge in [-0.25, -0.2) is 0 Å². The fraction of sp³-hybridized carbons (Fsp3) is 0.296. The molecule has 0 radical (unpaired) electrons. The molecule has 0 spiro atoms. The average molecular weight is 467 g/mol. The topological polar surface area (TPSA) is 73.6 Å². The molecule has 0 saturated carbocycles. The van der Waals surface area contributed by atoms with E-state index in [1.807, 2.05) is 74.5 Å². The first-order valence-corrected chi connectivity index (χ1v) is 11.4. The van der Waals surface area contributed by atoms with Crippen LogP contribution in [0, 0.1) is 20.8 Å². The molecule has 0 aliphatic carbocycles. The van der Waals surface area contributed by atoms with Crippen molar-refractivity contribution in [2.75, 3.05) is 26.4 Å². The van der Waals surface area contributed by atoms with Gasteiger partial charge in [0.05, 0.1) is 19.3 Å². The molecule has 3 rings (SSSR count). The maximum atomic E-state index is 12.3. The van der Waals surface area contributed by atoms with E-state index in [-0.39, 0.29) is 11.9 Å². The lowest BCUT2D eigenvalue weighted by molar-refractivity contribution is 0.0866. The molecule has 0 heterocycles. The minimum absolute atomic E-state index is 0.0852. The van der Waals surface area contributed by atoms with E-state index in [4.69, 9.17) is 26.8 Å². The van der Waals surface area contributed by atoms with Crippen LogP contribution in [0.4, 0.5) is 0 Å². The zero-order valence-electron chi connectivity index (χ0n) is 19.4. The van der Waals surface area contributed by atoms with E-state index >= 15 is 0 Å². The number of nitrogens with one attached hydrogen (secondary N) is 1. The summed E-state index contributed by atoms with van der Waals surface area (Å²) in [7, 11) is 0. The Kier molecular flexibility index (Phi) is 8.89. The Morgan fingerprint density at radius 1 is 0.909 bits per heavy atom. The Balaban J connectivity index is 1.34. The van der Waals surface area contributed by atoms with Crippen molar-refractivity contribution in [1.82, 2.24) is 5.32 Å². The Morgan fingerprint density at radius 2 is 1.48 bits per heavy atom. The van der Waals surface area contributed by atoms with E-state index in [9.17, 15) is 4.79 Å². The van der Waals surface area contributed by atoms with E-state index < -0.39 is 0 Å². The SMILES string of the molecule is Cc1cc(C(=O)NCCOCCOc2ccc(C(N)c3ccc(Cl)cc3)cc2)cc(C)c1C. The summed E-state index contributed by atoms with van der Waals surface area (Å²) in [6.45, 7) is 7.83. The molecule has 174 valence electrons. The second-order valence-corrected chi connectivity index (χ2v) is 8.49. The molecule has 0 aliphatic heterocycles. The van der Waals surface area contributed by atoms with Gasteiger partial charge in [-0.05, 0) is 85.0 Å². The Hall–Kier alpha value is -2.86. The van der Waals surface area contributed by atoms with Crippen LogP contribution in [-0.4, -0.2) is 32.3 Å².